The van der Waals surface area contributed by atoms with Crippen LogP contribution < -0.4 is 21.7 Å². The average Bonchev–Trinajstić information content (AvgIpc) is 3.65. The molecule has 2 aromatic heterocycles. The van der Waals surface area contributed by atoms with Crippen LogP contribution in [0, 0.1) is 46.3 Å². The number of phenols is 1. The number of allylic oxidation sites excluding steroid dienone is 1. The van der Waals surface area contributed by atoms with Crippen molar-refractivity contribution in [3.63, 3.8) is 0 Å². The predicted molar refractivity (Wildman–Crippen MR) is 259 cm³/mol. The maximum atomic E-state index is 12.9. The Balaban J connectivity index is 0.776. The number of pyridine rings is 2. The third-order valence-electron chi connectivity index (χ3n) is 16.4. The Morgan fingerprint density at radius 1 is 0.846 bits per heavy atom. The van der Waals surface area contributed by atoms with Crippen LogP contribution >= 0.6 is 0 Å². The van der Waals surface area contributed by atoms with E-state index in [1.807, 2.05) is 25.1 Å². The first kappa shape index (κ1) is 48.2. The highest BCUT2D eigenvalue weighted by Crippen LogP contribution is 2.67. The van der Waals surface area contributed by atoms with Crippen LogP contribution in [0.5, 0.6) is 5.75 Å². The molecule has 65 heavy (non-hydrogen) atoms. The SMILES string of the molecule is CCc1c(-c2ccc(C(=O)NCCCNC(=O)CCNC(=O)CO[C@H]3CC[C@@]4(C)C(=CC[C@H]5[C@@H]6CC[C@H]([C@H](C)CCCC(C)C)[C@@]6(C)CC[C@@H]54)C3)nc2)cnc(N)c1-c1ccc(O)cc1. The smallest absolute Gasteiger partial charge is 0.269 e. The Morgan fingerprint density at radius 3 is 2.34 bits per heavy atom. The molecule has 0 bridgehead atoms. The molecule has 0 unspecified atom stereocenters. The minimum atomic E-state index is -0.304. The Kier molecular flexibility index (Phi) is 15.7. The molecule has 0 aliphatic heterocycles. The lowest BCUT2D eigenvalue weighted by Crippen LogP contribution is -2.51. The van der Waals surface area contributed by atoms with Crippen LogP contribution in [0.2, 0.25) is 0 Å². The van der Waals surface area contributed by atoms with Gasteiger partial charge in [-0.25, -0.2) is 4.98 Å². The number of benzene rings is 1. The van der Waals surface area contributed by atoms with Crippen molar-refractivity contribution in [1.82, 2.24) is 25.9 Å². The van der Waals surface area contributed by atoms with Crippen molar-refractivity contribution in [3.8, 4) is 28.0 Å². The van der Waals surface area contributed by atoms with Crippen LogP contribution in [0.4, 0.5) is 5.82 Å². The number of hydrogen-bond donors (Lipinski definition) is 5. The molecule has 2 heterocycles. The fraction of sp³-hybridized carbons (Fsp3) is 0.611. The quantitative estimate of drug-likeness (QED) is 0.0586. The second-order valence-corrected chi connectivity index (χ2v) is 20.8. The molecule has 7 rings (SSSR count). The van der Waals surface area contributed by atoms with Crippen LogP contribution in [-0.2, 0) is 20.7 Å². The van der Waals surface area contributed by atoms with Gasteiger partial charge in [0.2, 0.25) is 11.8 Å². The molecule has 4 aliphatic carbocycles. The van der Waals surface area contributed by atoms with Gasteiger partial charge in [0.15, 0.2) is 0 Å². The van der Waals surface area contributed by atoms with E-state index in [0.29, 0.717) is 37.2 Å². The summed E-state index contributed by atoms with van der Waals surface area (Å²) >= 11 is 0. The van der Waals surface area contributed by atoms with Gasteiger partial charge in [0.05, 0.1) is 6.10 Å². The second kappa shape index (κ2) is 21.2. The van der Waals surface area contributed by atoms with Crippen molar-refractivity contribution in [2.45, 2.75) is 138 Å². The zero-order valence-corrected chi connectivity index (χ0v) is 40.0. The van der Waals surface area contributed by atoms with Gasteiger partial charge < -0.3 is 31.5 Å². The molecule has 0 spiro atoms. The number of carbonyl (C=O) groups excluding carboxylic acids is 3. The highest BCUT2D eigenvalue weighted by atomic mass is 16.5. The van der Waals surface area contributed by atoms with E-state index in [1.165, 1.54) is 51.4 Å². The summed E-state index contributed by atoms with van der Waals surface area (Å²) in [6.07, 6.45) is 21.3. The van der Waals surface area contributed by atoms with Gasteiger partial charge in [-0.15, -0.1) is 0 Å². The first-order valence-electron chi connectivity index (χ1n) is 24.9. The largest absolute Gasteiger partial charge is 0.508 e. The summed E-state index contributed by atoms with van der Waals surface area (Å²) in [7, 11) is 0. The number of nitrogens with one attached hydrogen (secondary N) is 3. The molecule has 3 amide bonds. The van der Waals surface area contributed by atoms with Crippen molar-refractivity contribution in [2.75, 3.05) is 32.0 Å². The van der Waals surface area contributed by atoms with Crippen LogP contribution in [0.3, 0.4) is 0 Å². The van der Waals surface area contributed by atoms with Crippen LogP contribution in [0.1, 0.15) is 141 Å². The number of phenolic OH excluding ortho intramolecular Hbond substituents is 1. The normalized spacial score (nSPS) is 26.3. The highest BCUT2D eigenvalue weighted by Gasteiger charge is 2.59. The number of nitrogens with zero attached hydrogens (tertiary/aromatic N) is 2. The van der Waals surface area contributed by atoms with Crippen molar-refractivity contribution in [1.29, 1.82) is 0 Å². The summed E-state index contributed by atoms with van der Waals surface area (Å²) < 4.78 is 6.20. The number of aromatic nitrogens is 2. The molecule has 0 saturated heterocycles. The topological polar surface area (TPSA) is 169 Å². The number of anilines is 1. The number of rotatable bonds is 19. The van der Waals surface area contributed by atoms with E-state index >= 15 is 0 Å². The maximum absolute atomic E-state index is 12.9. The summed E-state index contributed by atoms with van der Waals surface area (Å²) in [5.41, 5.74) is 13.2. The van der Waals surface area contributed by atoms with Gasteiger partial charge in [-0.05, 0) is 140 Å². The summed E-state index contributed by atoms with van der Waals surface area (Å²) in [6, 6.07) is 10.4. The number of amides is 3. The Hall–Kier alpha value is -4.77. The summed E-state index contributed by atoms with van der Waals surface area (Å²) in [6.45, 7) is 15.5. The fourth-order valence-electron chi connectivity index (χ4n) is 12.9. The molecule has 3 fully saturated rings. The van der Waals surface area contributed by atoms with Crippen LogP contribution in [0.15, 0.2) is 60.4 Å². The first-order valence-corrected chi connectivity index (χ1v) is 24.9. The third-order valence-corrected chi connectivity index (χ3v) is 16.4. The summed E-state index contributed by atoms with van der Waals surface area (Å²) in [4.78, 5) is 47.0. The van der Waals surface area contributed by atoms with Crippen molar-refractivity contribution >= 4 is 23.5 Å². The maximum Gasteiger partial charge on any atom is 0.269 e. The van der Waals surface area contributed by atoms with Gasteiger partial charge in [-0.3, -0.25) is 19.4 Å². The van der Waals surface area contributed by atoms with E-state index in [4.69, 9.17) is 10.5 Å². The van der Waals surface area contributed by atoms with E-state index in [2.05, 4.69) is 66.6 Å². The number of nitrogens with two attached hydrogens (primary N) is 1. The van der Waals surface area contributed by atoms with E-state index in [-0.39, 0.29) is 60.3 Å². The molecule has 3 aromatic rings. The monoisotopic (exact) mass is 889 g/mol. The van der Waals surface area contributed by atoms with Crippen LogP contribution in [-0.4, -0.2) is 65.1 Å². The van der Waals surface area contributed by atoms with Crippen molar-refractivity contribution in [2.24, 2.45) is 46.3 Å². The van der Waals surface area contributed by atoms with Gasteiger partial charge in [0.1, 0.15) is 23.9 Å². The lowest BCUT2D eigenvalue weighted by atomic mass is 9.47. The van der Waals surface area contributed by atoms with E-state index in [1.54, 1.807) is 36.2 Å². The Bertz CT molecular complexity index is 2150. The number of aromatic hydroxyl groups is 1. The Labute approximate surface area is 388 Å². The minimum Gasteiger partial charge on any atom is -0.508 e. The molecule has 11 nitrogen and oxygen atoms in total. The molecule has 1 aromatic carbocycles. The van der Waals surface area contributed by atoms with Gasteiger partial charge in [0, 0.05) is 55.1 Å². The van der Waals surface area contributed by atoms with Gasteiger partial charge in [-0.2, -0.15) is 0 Å². The van der Waals surface area contributed by atoms with Gasteiger partial charge in [-0.1, -0.05) is 90.7 Å². The van der Waals surface area contributed by atoms with Gasteiger partial charge >= 0.3 is 0 Å². The first-order chi connectivity index (χ1) is 31.2. The highest BCUT2D eigenvalue weighted by molar-refractivity contribution is 5.93. The summed E-state index contributed by atoms with van der Waals surface area (Å²) in [5, 5.41) is 18.4. The molecular weight excluding hydrogens is 813 g/mol. The van der Waals surface area contributed by atoms with Crippen molar-refractivity contribution < 1.29 is 24.2 Å². The Morgan fingerprint density at radius 2 is 1.60 bits per heavy atom. The standard InChI is InChI=1S/C54H76N6O5/c1-7-41-43(32-60-51(55)50(41)36-12-16-39(61)17-13-36)37-14-21-47(59-31-37)52(64)58-28-9-27-56-48(62)24-29-57-49(63)33-65-40-22-25-53(5)38(30-40)15-18-42-45-20-19-44(35(4)11-8-10-34(2)3)54(45,6)26-23-46(42)53/h12-17,21,31-32,34-35,40,42,44-46,61H,7-11,18-20,22-30,33H2,1-6H3,(H2,55,60)(H,56,62)(H,57,63)(H,58,64)/t35-,40+,42+,44-,45+,46+,53+,54-/m1/s1. The zero-order valence-electron chi connectivity index (χ0n) is 40.0. The molecule has 3 saturated carbocycles. The number of carbonyl (C=O) groups is 3. The average molecular weight is 889 g/mol. The molecule has 352 valence electrons. The summed E-state index contributed by atoms with van der Waals surface area (Å²) in [5.74, 6) is 4.83. The van der Waals surface area contributed by atoms with Crippen LogP contribution in [0.25, 0.3) is 22.3 Å². The molecule has 11 heteroatoms. The van der Waals surface area contributed by atoms with E-state index < -0.39 is 0 Å². The second-order valence-electron chi connectivity index (χ2n) is 20.8. The molecular formula is C54H76N6O5. The van der Waals surface area contributed by atoms with E-state index in [0.717, 1.165) is 82.6 Å². The predicted octanol–water partition coefficient (Wildman–Crippen LogP) is 9.83. The number of hydrogen-bond acceptors (Lipinski definition) is 8. The fourth-order valence-corrected chi connectivity index (χ4v) is 12.9. The third kappa shape index (κ3) is 10.9. The minimum absolute atomic E-state index is 0.0110. The molecule has 8 atom stereocenters. The lowest BCUT2D eigenvalue weighted by Gasteiger charge is -2.58. The lowest BCUT2D eigenvalue weighted by molar-refractivity contribution is -0.129. The zero-order chi connectivity index (χ0) is 46.3. The number of ether oxygens (including phenoxy) is 1. The molecule has 0 radical (unpaired) electrons. The van der Waals surface area contributed by atoms with E-state index in [9.17, 15) is 19.5 Å². The molecule has 6 N–H and O–H groups in total. The number of nitrogen functional groups attached to an aromatic ring is 1. The van der Waals surface area contributed by atoms with Crippen molar-refractivity contribution in [3.05, 3.63) is 71.7 Å². The van der Waals surface area contributed by atoms with Gasteiger partial charge in [0.25, 0.3) is 5.91 Å². The number of fused-ring (bicyclic) bond motifs is 5. The molecule has 4 aliphatic rings.